The maximum Gasteiger partial charge on any atom is 0.263 e. The molecule has 3 rings (SSSR count). The zero-order valence-electron chi connectivity index (χ0n) is 18.6. The zero-order chi connectivity index (χ0) is 22.8. The molecule has 1 atom stereocenters. The van der Waals surface area contributed by atoms with Crippen LogP contribution < -0.4 is 14.9 Å². The molecule has 0 saturated carbocycles. The predicted molar refractivity (Wildman–Crippen MR) is 125 cm³/mol. The second-order valence-electron chi connectivity index (χ2n) is 8.18. The van der Waals surface area contributed by atoms with Gasteiger partial charge in [-0.25, -0.2) is 8.42 Å². The number of sulfonamides is 1. The normalized spacial score (nSPS) is 16.8. The van der Waals surface area contributed by atoms with Gasteiger partial charge in [-0.2, -0.15) is 0 Å². The first-order valence-electron chi connectivity index (χ1n) is 10.5. The number of amidine groups is 1. The van der Waals surface area contributed by atoms with Gasteiger partial charge in [0.1, 0.15) is 11.9 Å². The van der Waals surface area contributed by atoms with Crippen LogP contribution in [0.2, 0.25) is 0 Å². The fourth-order valence-corrected chi connectivity index (χ4v) is 4.92. The first kappa shape index (κ1) is 22.8. The fraction of sp³-hybridized carbons (Fsp3) is 0.391. The highest BCUT2D eigenvalue weighted by Crippen LogP contribution is 2.24. The molecule has 0 aliphatic carbocycles. The summed E-state index contributed by atoms with van der Waals surface area (Å²) in [6.07, 6.45) is 0. The molecule has 1 amide bonds. The molecule has 0 bridgehead atoms. The molecular formula is C23H30N4O3S. The van der Waals surface area contributed by atoms with Gasteiger partial charge in [-0.3, -0.25) is 14.5 Å². The van der Waals surface area contributed by atoms with Crippen molar-refractivity contribution in [3.63, 3.8) is 0 Å². The van der Waals surface area contributed by atoms with Crippen LogP contribution in [0.5, 0.6) is 0 Å². The molecule has 31 heavy (non-hydrogen) atoms. The van der Waals surface area contributed by atoms with Gasteiger partial charge in [-0.05, 0) is 63.1 Å². The minimum atomic E-state index is -3.65. The van der Waals surface area contributed by atoms with Gasteiger partial charge in [0.15, 0.2) is 0 Å². The standard InChI is InChI=1S/C23H30N4O3S/c1-6-27(16(4)5)18-13-11-17(12-14-18)24-23(28)21(15(2)3)25-22-19-9-7-8-10-20(19)31(29,30)26-22/h7-16,21H,6H2,1-5H3,(H,24,28)(H,25,26)/t21-/m0/s1. The lowest BCUT2D eigenvalue weighted by Crippen LogP contribution is -2.34. The van der Waals surface area contributed by atoms with E-state index in [1.54, 1.807) is 18.2 Å². The van der Waals surface area contributed by atoms with Crippen molar-refractivity contribution in [2.75, 3.05) is 16.8 Å². The third-order valence-corrected chi connectivity index (χ3v) is 6.66. The van der Waals surface area contributed by atoms with Gasteiger partial charge in [0, 0.05) is 29.5 Å². The summed E-state index contributed by atoms with van der Waals surface area (Å²) in [6.45, 7) is 11.1. The van der Waals surface area contributed by atoms with E-state index in [9.17, 15) is 13.2 Å². The van der Waals surface area contributed by atoms with Crippen molar-refractivity contribution in [3.8, 4) is 0 Å². The molecule has 0 fully saturated rings. The Balaban J connectivity index is 1.82. The Kier molecular flexibility index (Phi) is 6.69. The van der Waals surface area contributed by atoms with Gasteiger partial charge in [0.25, 0.3) is 10.0 Å². The molecular weight excluding hydrogens is 412 g/mol. The minimum absolute atomic E-state index is 0.124. The van der Waals surface area contributed by atoms with E-state index in [0.717, 1.165) is 12.2 Å². The van der Waals surface area contributed by atoms with Crippen LogP contribution in [0.3, 0.4) is 0 Å². The zero-order valence-corrected chi connectivity index (χ0v) is 19.4. The molecule has 0 aromatic heterocycles. The second kappa shape index (κ2) is 9.09. The van der Waals surface area contributed by atoms with Gasteiger partial charge in [-0.1, -0.05) is 26.0 Å². The van der Waals surface area contributed by atoms with Crippen LogP contribution in [0.15, 0.2) is 58.4 Å². The highest BCUT2D eigenvalue weighted by Gasteiger charge is 2.32. The summed E-state index contributed by atoms with van der Waals surface area (Å²) in [5.74, 6) is -0.203. The number of benzene rings is 2. The maximum atomic E-state index is 13.0. The van der Waals surface area contributed by atoms with Crippen molar-refractivity contribution in [3.05, 3.63) is 54.1 Å². The predicted octanol–water partition coefficient (Wildman–Crippen LogP) is 3.62. The van der Waals surface area contributed by atoms with Crippen molar-refractivity contribution in [2.45, 2.75) is 51.6 Å². The number of carbonyl (C=O) groups excluding carboxylic acids is 1. The number of hydrogen-bond donors (Lipinski definition) is 2. The van der Waals surface area contributed by atoms with Crippen molar-refractivity contribution in [2.24, 2.45) is 10.9 Å². The van der Waals surface area contributed by atoms with E-state index in [2.05, 4.69) is 40.7 Å². The Morgan fingerprint density at radius 1 is 1.06 bits per heavy atom. The number of carbonyl (C=O) groups is 1. The van der Waals surface area contributed by atoms with Crippen molar-refractivity contribution < 1.29 is 13.2 Å². The second-order valence-corrected chi connectivity index (χ2v) is 9.83. The smallest absolute Gasteiger partial charge is 0.263 e. The monoisotopic (exact) mass is 442 g/mol. The number of rotatable bonds is 7. The van der Waals surface area contributed by atoms with E-state index >= 15 is 0 Å². The summed E-state index contributed by atoms with van der Waals surface area (Å²) in [7, 11) is -3.65. The average molecular weight is 443 g/mol. The number of nitrogens with zero attached hydrogens (tertiary/aromatic N) is 2. The topological polar surface area (TPSA) is 90.9 Å². The maximum absolute atomic E-state index is 13.0. The summed E-state index contributed by atoms with van der Waals surface area (Å²) >= 11 is 0. The van der Waals surface area contributed by atoms with Crippen LogP contribution in [-0.2, 0) is 14.8 Å². The van der Waals surface area contributed by atoms with E-state index in [1.165, 1.54) is 6.07 Å². The summed E-state index contributed by atoms with van der Waals surface area (Å²) in [5, 5.41) is 2.91. The van der Waals surface area contributed by atoms with Crippen molar-refractivity contribution in [1.29, 1.82) is 0 Å². The van der Waals surface area contributed by atoms with E-state index in [4.69, 9.17) is 0 Å². The van der Waals surface area contributed by atoms with Gasteiger partial charge in [-0.15, -0.1) is 0 Å². The Morgan fingerprint density at radius 2 is 1.71 bits per heavy atom. The summed E-state index contributed by atoms with van der Waals surface area (Å²) < 4.78 is 27.2. The third-order valence-electron chi connectivity index (χ3n) is 5.26. The number of anilines is 2. The first-order valence-corrected chi connectivity index (χ1v) is 12.0. The molecule has 8 heteroatoms. The number of amides is 1. The molecule has 7 nitrogen and oxygen atoms in total. The minimum Gasteiger partial charge on any atom is -0.369 e. The molecule has 0 spiro atoms. The quantitative estimate of drug-likeness (QED) is 0.685. The molecule has 1 heterocycles. The van der Waals surface area contributed by atoms with E-state index in [-0.39, 0.29) is 22.6 Å². The highest BCUT2D eigenvalue weighted by atomic mass is 32.2. The number of nitrogens with one attached hydrogen (secondary N) is 2. The molecule has 1 aliphatic heterocycles. The number of fused-ring (bicyclic) bond motifs is 1. The molecule has 2 N–H and O–H groups in total. The molecule has 2 aromatic carbocycles. The van der Waals surface area contributed by atoms with Gasteiger partial charge in [0.2, 0.25) is 5.91 Å². The lowest BCUT2D eigenvalue weighted by molar-refractivity contribution is -0.118. The molecule has 0 radical (unpaired) electrons. The SMILES string of the molecule is CCN(c1ccc(NC(=O)[C@@H](N=C2NS(=O)(=O)c3ccccc32)C(C)C)cc1)C(C)C. The van der Waals surface area contributed by atoms with Crippen LogP contribution in [0, 0.1) is 5.92 Å². The van der Waals surface area contributed by atoms with Crippen LogP contribution in [0.1, 0.15) is 40.2 Å². The summed E-state index contributed by atoms with van der Waals surface area (Å²) in [6, 6.07) is 14.0. The highest BCUT2D eigenvalue weighted by molar-refractivity contribution is 7.90. The lowest BCUT2D eigenvalue weighted by Gasteiger charge is -2.27. The van der Waals surface area contributed by atoms with Crippen LogP contribution in [0.25, 0.3) is 0 Å². The van der Waals surface area contributed by atoms with Gasteiger partial charge < -0.3 is 10.2 Å². The van der Waals surface area contributed by atoms with E-state index in [1.807, 2.05) is 38.1 Å². The average Bonchev–Trinajstić information content (AvgIpc) is 2.98. The molecule has 166 valence electrons. The lowest BCUT2D eigenvalue weighted by atomic mass is 10.0. The largest absolute Gasteiger partial charge is 0.369 e. The van der Waals surface area contributed by atoms with Crippen LogP contribution >= 0.6 is 0 Å². The van der Waals surface area contributed by atoms with E-state index in [0.29, 0.717) is 17.3 Å². The van der Waals surface area contributed by atoms with Gasteiger partial charge in [0.05, 0.1) is 4.90 Å². The van der Waals surface area contributed by atoms with Gasteiger partial charge >= 0.3 is 0 Å². The first-order chi connectivity index (χ1) is 14.6. The third kappa shape index (κ3) is 4.90. The molecule has 1 aliphatic rings. The fourth-order valence-electron chi connectivity index (χ4n) is 3.68. The van der Waals surface area contributed by atoms with E-state index < -0.39 is 16.1 Å². The Labute approximate surface area is 184 Å². The Bertz CT molecular complexity index is 1080. The molecule has 2 aromatic rings. The van der Waals surface area contributed by atoms with Crippen LogP contribution in [0.4, 0.5) is 11.4 Å². The summed E-state index contributed by atoms with van der Waals surface area (Å²) in [5.41, 5.74) is 2.25. The van der Waals surface area contributed by atoms with Crippen LogP contribution in [-0.4, -0.2) is 38.8 Å². The number of aliphatic imine (C=N–C) groups is 1. The summed E-state index contributed by atoms with van der Waals surface area (Å²) in [4.78, 5) is 19.9. The number of hydrogen-bond acceptors (Lipinski definition) is 5. The molecule has 0 unspecified atom stereocenters. The Morgan fingerprint density at radius 3 is 2.29 bits per heavy atom. The molecule has 0 saturated heterocycles. The van der Waals surface area contributed by atoms with Crippen molar-refractivity contribution >= 4 is 33.1 Å². The Hall–Kier alpha value is -2.87. The van der Waals surface area contributed by atoms with Crippen molar-refractivity contribution in [1.82, 2.24) is 4.72 Å².